The first-order valence-corrected chi connectivity index (χ1v) is 10.8. The average molecular weight is 458 g/mol. The summed E-state index contributed by atoms with van der Waals surface area (Å²) in [5.74, 6) is 0.945. The van der Waals surface area contributed by atoms with Crippen molar-refractivity contribution in [3.05, 3.63) is 50.5 Å². The smallest absolute Gasteiger partial charge is 0.352 e. The largest absolute Gasteiger partial charge is 0.493 e. The number of carbonyl (C=O) groups excluding carboxylic acids is 1. The minimum atomic E-state index is -0.483. The molecule has 0 aliphatic carbocycles. The molecule has 11 heteroatoms. The molecule has 4 rings (SSSR count). The van der Waals surface area contributed by atoms with Crippen molar-refractivity contribution >= 4 is 38.9 Å². The molecule has 0 saturated carbocycles. The van der Waals surface area contributed by atoms with Crippen LogP contribution in [-0.2, 0) is 17.9 Å². The fourth-order valence-corrected chi connectivity index (χ4v) is 4.34. The van der Waals surface area contributed by atoms with E-state index in [1.165, 1.54) is 34.5 Å². The molecule has 4 aromatic rings. The van der Waals surface area contributed by atoms with Gasteiger partial charge in [0.25, 0.3) is 5.56 Å². The van der Waals surface area contributed by atoms with Gasteiger partial charge in [0, 0.05) is 18.3 Å². The van der Waals surface area contributed by atoms with Gasteiger partial charge >= 0.3 is 5.69 Å². The normalized spacial score (nSPS) is 11.4. The topological polar surface area (TPSA) is 109 Å². The number of nitrogens with one attached hydrogen (secondary N) is 1. The average Bonchev–Trinajstić information content (AvgIpc) is 3.36. The molecule has 32 heavy (non-hydrogen) atoms. The number of methoxy groups -OCH3 is 2. The number of thiophene rings is 1. The third-order valence-corrected chi connectivity index (χ3v) is 5.79. The van der Waals surface area contributed by atoms with E-state index in [1.807, 2.05) is 13.8 Å². The van der Waals surface area contributed by atoms with Crippen LogP contribution >= 0.6 is 11.3 Å². The van der Waals surface area contributed by atoms with Gasteiger partial charge in [-0.05, 0) is 29.5 Å². The molecule has 0 unspecified atom stereocenters. The highest BCUT2D eigenvalue weighted by Gasteiger charge is 2.20. The summed E-state index contributed by atoms with van der Waals surface area (Å²) < 4.78 is 14.9. The van der Waals surface area contributed by atoms with Gasteiger partial charge in [0.1, 0.15) is 11.2 Å². The van der Waals surface area contributed by atoms with Crippen molar-refractivity contribution in [1.82, 2.24) is 18.7 Å². The third kappa shape index (κ3) is 3.75. The van der Waals surface area contributed by atoms with Crippen LogP contribution in [0.5, 0.6) is 11.5 Å². The van der Waals surface area contributed by atoms with E-state index >= 15 is 0 Å². The van der Waals surface area contributed by atoms with Gasteiger partial charge < -0.3 is 14.8 Å². The van der Waals surface area contributed by atoms with E-state index in [9.17, 15) is 14.4 Å². The van der Waals surface area contributed by atoms with Crippen LogP contribution in [0, 0.1) is 5.92 Å². The summed E-state index contributed by atoms with van der Waals surface area (Å²) in [6.07, 6.45) is 0. The van der Waals surface area contributed by atoms with Crippen LogP contribution in [0.15, 0.2) is 39.2 Å². The molecule has 0 spiro atoms. The fourth-order valence-electron chi connectivity index (χ4n) is 3.52. The third-order valence-electron chi connectivity index (χ3n) is 4.90. The summed E-state index contributed by atoms with van der Waals surface area (Å²) >= 11 is 1.28. The number of anilines is 1. The lowest BCUT2D eigenvalue weighted by Crippen LogP contribution is -2.29. The van der Waals surface area contributed by atoms with Gasteiger partial charge in [-0.2, -0.15) is 0 Å². The molecule has 0 fully saturated rings. The van der Waals surface area contributed by atoms with Gasteiger partial charge in [0.2, 0.25) is 11.7 Å². The first-order chi connectivity index (χ1) is 15.3. The maximum atomic E-state index is 13.1. The second-order valence-electron chi connectivity index (χ2n) is 7.64. The molecule has 10 nitrogen and oxygen atoms in total. The van der Waals surface area contributed by atoms with E-state index in [1.54, 1.807) is 29.6 Å². The van der Waals surface area contributed by atoms with Crippen molar-refractivity contribution in [2.75, 3.05) is 19.5 Å². The van der Waals surface area contributed by atoms with E-state index in [4.69, 9.17) is 9.47 Å². The summed E-state index contributed by atoms with van der Waals surface area (Å²) in [7, 11) is 3.02. The number of carbonyl (C=O) groups is 1. The fraction of sp³-hybridized carbons (Fsp3) is 0.333. The minimum absolute atomic E-state index is 0.169. The second-order valence-corrected chi connectivity index (χ2v) is 8.55. The number of rotatable bonds is 7. The van der Waals surface area contributed by atoms with E-state index in [2.05, 4.69) is 10.4 Å². The molecule has 0 saturated heterocycles. The van der Waals surface area contributed by atoms with Crippen molar-refractivity contribution in [2.24, 2.45) is 5.92 Å². The number of aromatic nitrogens is 4. The maximum Gasteiger partial charge on any atom is 0.352 e. The molecule has 0 aliphatic rings. The van der Waals surface area contributed by atoms with Crippen LogP contribution in [0.4, 0.5) is 5.69 Å². The van der Waals surface area contributed by atoms with Crippen LogP contribution in [0.3, 0.4) is 0 Å². The number of amides is 1. The second kappa shape index (κ2) is 8.50. The van der Waals surface area contributed by atoms with Gasteiger partial charge in [-0.25, -0.2) is 13.9 Å². The van der Waals surface area contributed by atoms with Gasteiger partial charge in [0.05, 0.1) is 19.7 Å². The first kappa shape index (κ1) is 21.6. The number of hydrogen-bond donors (Lipinski definition) is 1. The Morgan fingerprint density at radius 1 is 1.16 bits per heavy atom. The summed E-state index contributed by atoms with van der Waals surface area (Å²) in [5.41, 5.74) is 0.305. The van der Waals surface area contributed by atoms with E-state index < -0.39 is 11.6 Å². The highest BCUT2D eigenvalue weighted by atomic mass is 32.1. The van der Waals surface area contributed by atoms with Gasteiger partial charge in [0.15, 0.2) is 11.5 Å². The Bertz CT molecular complexity index is 1430. The van der Waals surface area contributed by atoms with Crippen molar-refractivity contribution in [1.29, 1.82) is 0 Å². The lowest BCUT2D eigenvalue weighted by Gasteiger charge is -2.10. The minimum Gasteiger partial charge on any atom is -0.493 e. The first-order valence-electron chi connectivity index (χ1n) is 9.95. The quantitative estimate of drug-likeness (QED) is 0.456. The Kier molecular flexibility index (Phi) is 5.74. The SMILES string of the molecule is COc1ccc(NC(=O)Cn2nc3n(CC(C)C)c(=O)c4sccc4n3c2=O)cc1OC. The molecule has 1 aromatic carbocycles. The zero-order valence-electron chi connectivity index (χ0n) is 18.1. The highest BCUT2D eigenvalue weighted by molar-refractivity contribution is 7.17. The van der Waals surface area contributed by atoms with Crippen molar-refractivity contribution in [3.8, 4) is 11.5 Å². The number of fused-ring (bicyclic) bond motifs is 3. The number of ether oxygens (including phenoxy) is 2. The van der Waals surface area contributed by atoms with Gasteiger partial charge in [-0.1, -0.05) is 13.8 Å². The van der Waals surface area contributed by atoms with Crippen LogP contribution in [0.1, 0.15) is 13.8 Å². The van der Waals surface area contributed by atoms with Crippen LogP contribution < -0.4 is 26.0 Å². The Morgan fingerprint density at radius 2 is 1.91 bits per heavy atom. The lowest BCUT2D eigenvalue weighted by atomic mass is 10.2. The summed E-state index contributed by atoms with van der Waals surface area (Å²) in [4.78, 5) is 38.7. The Labute approximate surface area is 186 Å². The highest BCUT2D eigenvalue weighted by Crippen LogP contribution is 2.29. The van der Waals surface area contributed by atoms with E-state index in [0.29, 0.717) is 33.9 Å². The molecule has 1 N–H and O–H groups in total. The number of benzene rings is 1. The molecular weight excluding hydrogens is 434 g/mol. The van der Waals surface area contributed by atoms with E-state index in [-0.39, 0.29) is 23.8 Å². The molecule has 0 aliphatic heterocycles. The monoisotopic (exact) mass is 457 g/mol. The van der Waals surface area contributed by atoms with Gasteiger partial charge in [-0.3, -0.25) is 14.2 Å². The molecule has 3 heterocycles. The van der Waals surface area contributed by atoms with Crippen LogP contribution in [0.2, 0.25) is 0 Å². The number of nitrogens with zero attached hydrogens (tertiary/aromatic N) is 4. The Balaban J connectivity index is 1.71. The number of hydrogen-bond acceptors (Lipinski definition) is 7. The van der Waals surface area contributed by atoms with Crippen LogP contribution in [0.25, 0.3) is 16.0 Å². The molecule has 3 aromatic heterocycles. The zero-order valence-corrected chi connectivity index (χ0v) is 18.9. The van der Waals surface area contributed by atoms with Crippen LogP contribution in [-0.4, -0.2) is 38.9 Å². The maximum absolute atomic E-state index is 13.1. The summed E-state index contributed by atoms with van der Waals surface area (Å²) in [5, 5.41) is 8.82. The van der Waals surface area contributed by atoms with Crippen molar-refractivity contribution < 1.29 is 14.3 Å². The molecule has 0 atom stereocenters. The summed E-state index contributed by atoms with van der Waals surface area (Å²) in [6, 6.07) is 6.67. The molecule has 0 bridgehead atoms. The predicted molar refractivity (Wildman–Crippen MR) is 122 cm³/mol. The lowest BCUT2D eigenvalue weighted by molar-refractivity contribution is -0.117. The van der Waals surface area contributed by atoms with Crippen molar-refractivity contribution in [3.63, 3.8) is 0 Å². The molecule has 168 valence electrons. The van der Waals surface area contributed by atoms with Gasteiger partial charge in [-0.15, -0.1) is 16.4 Å². The summed E-state index contributed by atoms with van der Waals surface area (Å²) in [6.45, 7) is 4.06. The van der Waals surface area contributed by atoms with E-state index in [0.717, 1.165) is 4.68 Å². The molecular formula is C21H23N5O5S. The van der Waals surface area contributed by atoms with Crippen molar-refractivity contribution in [2.45, 2.75) is 26.9 Å². The molecule has 0 radical (unpaired) electrons. The zero-order chi connectivity index (χ0) is 23.0. The predicted octanol–water partition coefficient (Wildman–Crippen LogP) is 2.18. The Hall–Kier alpha value is -3.60. The standard InChI is InChI=1S/C21H23N5O5S/c1-12(2)10-24-19(28)18-14(7-8-32-18)26-20(24)23-25(21(26)29)11-17(27)22-13-5-6-15(30-3)16(9-13)31-4/h5-9,12H,10-11H2,1-4H3,(H,22,27). The molecule has 1 amide bonds. The Morgan fingerprint density at radius 3 is 2.59 bits per heavy atom.